The van der Waals surface area contributed by atoms with Crippen LogP contribution < -0.4 is 4.74 Å². The van der Waals surface area contributed by atoms with Gasteiger partial charge in [-0.2, -0.15) is 0 Å². The maximum absolute atomic E-state index is 10.3. The number of allylic oxidation sites excluding steroid dienone is 3. The molecule has 2 nitrogen and oxygen atoms in total. The number of ether oxygens (including phenoxy) is 1. The van der Waals surface area contributed by atoms with E-state index in [2.05, 4.69) is 24.3 Å². The van der Waals surface area contributed by atoms with Crippen LogP contribution in [-0.2, 0) is 12.8 Å². The molecule has 23 heavy (non-hydrogen) atoms. The van der Waals surface area contributed by atoms with Crippen LogP contribution in [-0.4, -0.2) is 12.2 Å². The summed E-state index contributed by atoms with van der Waals surface area (Å²) in [7, 11) is 1.64. The van der Waals surface area contributed by atoms with Crippen molar-refractivity contribution in [3.8, 4) is 11.5 Å². The van der Waals surface area contributed by atoms with Gasteiger partial charge in [-0.25, -0.2) is 0 Å². The lowest BCUT2D eigenvalue weighted by Gasteiger charge is -2.10. The molecule has 0 aliphatic heterocycles. The highest BCUT2D eigenvalue weighted by Crippen LogP contribution is 2.31. The highest BCUT2D eigenvalue weighted by Gasteiger charge is 2.09. The van der Waals surface area contributed by atoms with Crippen LogP contribution in [0.1, 0.15) is 30.5 Å². The van der Waals surface area contributed by atoms with Crippen molar-refractivity contribution in [2.24, 2.45) is 0 Å². The smallest absolute Gasteiger partial charge is 0.126 e. The Labute approximate surface area is 138 Å². The zero-order valence-corrected chi connectivity index (χ0v) is 14.0. The number of phenols is 1. The molecule has 2 heteroatoms. The molecule has 0 heterocycles. The molecule has 0 aromatic heterocycles. The Kier molecular flexibility index (Phi) is 6.04. The van der Waals surface area contributed by atoms with E-state index in [0.29, 0.717) is 6.42 Å². The lowest BCUT2D eigenvalue weighted by Crippen LogP contribution is -1.93. The SMILES string of the molecule is COc1cc(/C=C/Cc2ccccc2)cc(O)c1CC=C(C)C. The van der Waals surface area contributed by atoms with Crippen molar-refractivity contribution < 1.29 is 9.84 Å². The zero-order chi connectivity index (χ0) is 16.7. The van der Waals surface area contributed by atoms with Crippen molar-refractivity contribution >= 4 is 6.08 Å². The Balaban J connectivity index is 2.17. The molecule has 2 aromatic rings. The third-order valence-corrected chi connectivity index (χ3v) is 3.65. The average Bonchev–Trinajstić information content (AvgIpc) is 2.54. The lowest BCUT2D eigenvalue weighted by atomic mass is 10.0. The van der Waals surface area contributed by atoms with Crippen LogP contribution in [0, 0.1) is 0 Å². The Morgan fingerprint density at radius 3 is 2.48 bits per heavy atom. The van der Waals surface area contributed by atoms with Gasteiger partial charge in [0.1, 0.15) is 11.5 Å². The van der Waals surface area contributed by atoms with Crippen LogP contribution in [0.3, 0.4) is 0 Å². The van der Waals surface area contributed by atoms with Crippen LogP contribution in [0.25, 0.3) is 6.08 Å². The van der Waals surface area contributed by atoms with Crippen molar-refractivity contribution in [1.82, 2.24) is 0 Å². The van der Waals surface area contributed by atoms with E-state index in [1.54, 1.807) is 13.2 Å². The summed E-state index contributed by atoms with van der Waals surface area (Å²) in [6.45, 7) is 4.09. The molecular formula is C21H24O2. The van der Waals surface area contributed by atoms with Crippen LogP contribution in [0.4, 0.5) is 0 Å². The summed E-state index contributed by atoms with van der Waals surface area (Å²) in [5.74, 6) is 1.00. The number of hydrogen-bond acceptors (Lipinski definition) is 2. The average molecular weight is 308 g/mol. The quantitative estimate of drug-likeness (QED) is 0.746. The van der Waals surface area contributed by atoms with Crippen molar-refractivity contribution in [3.63, 3.8) is 0 Å². The molecule has 1 N–H and O–H groups in total. The molecule has 0 amide bonds. The van der Waals surface area contributed by atoms with E-state index in [1.807, 2.05) is 44.2 Å². The minimum absolute atomic E-state index is 0.279. The number of rotatable bonds is 6. The minimum Gasteiger partial charge on any atom is -0.507 e. The summed E-state index contributed by atoms with van der Waals surface area (Å²) < 4.78 is 5.44. The van der Waals surface area contributed by atoms with Gasteiger partial charge in [0.25, 0.3) is 0 Å². The van der Waals surface area contributed by atoms with Crippen molar-refractivity contribution in [2.75, 3.05) is 7.11 Å². The van der Waals surface area contributed by atoms with Gasteiger partial charge in [-0.05, 0) is 49.9 Å². The molecule has 0 unspecified atom stereocenters. The van der Waals surface area contributed by atoms with Gasteiger partial charge in [0.05, 0.1) is 7.11 Å². The van der Waals surface area contributed by atoms with Crippen LogP contribution >= 0.6 is 0 Å². The third kappa shape index (κ3) is 5.03. The fraction of sp³-hybridized carbons (Fsp3) is 0.238. The molecule has 0 radical (unpaired) electrons. The first kappa shape index (κ1) is 16.9. The van der Waals surface area contributed by atoms with Gasteiger partial charge in [-0.1, -0.05) is 54.1 Å². The maximum atomic E-state index is 10.3. The Morgan fingerprint density at radius 2 is 1.83 bits per heavy atom. The molecular weight excluding hydrogens is 284 g/mol. The summed E-state index contributed by atoms with van der Waals surface area (Å²) in [5, 5.41) is 10.3. The van der Waals surface area contributed by atoms with Crippen molar-refractivity contribution in [3.05, 3.63) is 76.9 Å². The van der Waals surface area contributed by atoms with Gasteiger partial charge in [0, 0.05) is 5.56 Å². The highest BCUT2D eigenvalue weighted by atomic mass is 16.5. The summed E-state index contributed by atoms with van der Waals surface area (Å²) >= 11 is 0. The van der Waals surface area contributed by atoms with E-state index in [-0.39, 0.29) is 5.75 Å². The second-order valence-corrected chi connectivity index (χ2v) is 5.80. The molecule has 0 saturated heterocycles. The van der Waals surface area contributed by atoms with E-state index in [4.69, 9.17) is 4.74 Å². The lowest BCUT2D eigenvalue weighted by molar-refractivity contribution is 0.401. The number of methoxy groups -OCH3 is 1. The molecule has 0 aliphatic carbocycles. The van der Waals surface area contributed by atoms with Gasteiger partial charge in [-0.15, -0.1) is 0 Å². The van der Waals surface area contributed by atoms with E-state index in [1.165, 1.54) is 11.1 Å². The molecule has 0 bridgehead atoms. The number of benzene rings is 2. The van der Waals surface area contributed by atoms with Gasteiger partial charge in [0.15, 0.2) is 0 Å². The molecule has 0 aliphatic rings. The van der Waals surface area contributed by atoms with E-state index in [0.717, 1.165) is 23.3 Å². The van der Waals surface area contributed by atoms with E-state index in [9.17, 15) is 5.11 Å². The Hall–Kier alpha value is -2.48. The van der Waals surface area contributed by atoms with Crippen molar-refractivity contribution in [2.45, 2.75) is 26.7 Å². The second-order valence-electron chi connectivity index (χ2n) is 5.80. The third-order valence-electron chi connectivity index (χ3n) is 3.65. The van der Waals surface area contributed by atoms with Crippen LogP contribution in [0.5, 0.6) is 11.5 Å². The largest absolute Gasteiger partial charge is 0.507 e. The minimum atomic E-state index is 0.279. The molecule has 2 rings (SSSR count). The predicted molar refractivity (Wildman–Crippen MR) is 97.0 cm³/mol. The normalized spacial score (nSPS) is 10.7. The van der Waals surface area contributed by atoms with E-state index >= 15 is 0 Å². The maximum Gasteiger partial charge on any atom is 0.126 e. The van der Waals surface area contributed by atoms with E-state index < -0.39 is 0 Å². The molecule has 0 atom stereocenters. The fourth-order valence-electron chi connectivity index (χ4n) is 2.39. The monoisotopic (exact) mass is 308 g/mol. The standard InChI is InChI=1S/C21H24O2/c1-16(2)12-13-19-20(22)14-18(15-21(19)23-3)11-7-10-17-8-5-4-6-9-17/h4-9,11-12,14-15,22H,10,13H2,1-3H3/b11-7+. The summed E-state index contributed by atoms with van der Waals surface area (Å²) in [5.41, 5.74) is 4.25. The molecule has 2 aromatic carbocycles. The van der Waals surface area contributed by atoms with Gasteiger partial charge in [0.2, 0.25) is 0 Å². The fourth-order valence-corrected chi connectivity index (χ4v) is 2.39. The topological polar surface area (TPSA) is 29.5 Å². The second kappa shape index (κ2) is 8.23. The van der Waals surface area contributed by atoms with Gasteiger partial charge >= 0.3 is 0 Å². The first-order chi connectivity index (χ1) is 11.1. The molecule has 120 valence electrons. The first-order valence-corrected chi connectivity index (χ1v) is 7.84. The molecule has 0 fully saturated rings. The van der Waals surface area contributed by atoms with Gasteiger partial charge in [-0.3, -0.25) is 0 Å². The molecule has 0 saturated carbocycles. The van der Waals surface area contributed by atoms with Crippen LogP contribution in [0.2, 0.25) is 0 Å². The Morgan fingerprint density at radius 1 is 1.09 bits per heavy atom. The van der Waals surface area contributed by atoms with Crippen molar-refractivity contribution in [1.29, 1.82) is 0 Å². The summed E-state index contributed by atoms with van der Waals surface area (Å²) in [4.78, 5) is 0. The highest BCUT2D eigenvalue weighted by molar-refractivity contribution is 5.59. The first-order valence-electron chi connectivity index (χ1n) is 7.84. The number of hydrogen-bond donors (Lipinski definition) is 1. The van der Waals surface area contributed by atoms with Gasteiger partial charge < -0.3 is 9.84 Å². The number of aromatic hydroxyl groups is 1. The zero-order valence-electron chi connectivity index (χ0n) is 14.0. The number of phenolic OH excluding ortho intramolecular Hbond substituents is 1. The predicted octanol–water partition coefficient (Wildman–Crippen LogP) is 5.17. The summed E-state index contributed by atoms with van der Waals surface area (Å²) in [6, 6.07) is 14.1. The summed E-state index contributed by atoms with van der Waals surface area (Å²) in [6.07, 6.45) is 7.73. The Bertz CT molecular complexity index is 693. The van der Waals surface area contributed by atoms with Crippen LogP contribution in [0.15, 0.2) is 60.2 Å². The molecule has 0 spiro atoms.